The first-order valence-electron chi connectivity index (χ1n) is 9.08. The van der Waals surface area contributed by atoms with Gasteiger partial charge >= 0.3 is 0 Å². The van der Waals surface area contributed by atoms with Gasteiger partial charge in [0.15, 0.2) is 5.96 Å². The molecule has 2 heterocycles. The molecule has 0 spiro atoms. The van der Waals surface area contributed by atoms with Crippen LogP contribution in [0.1, 0.15) is 31.0 Å². The summed E-state index contributed by atoms with van der Waals surface area (Å²) in [6, 6.07) is 8.08. The number of para-hydroxylation sites is 1. The Morgan fingerprint density at radius 1 is 1.22 bits per heavy atom. The number of hydrogen-bond acceptors (Lipinski definition) is 4. The fraction of sp³-hybridized carbons (Fsp3) is 0.421. The van der Waals surface area contributed by atoms with Crippen LogP contribution in [0.25, 0.3) is 11.0 Å². The second-order valence-corrected chi connectivity index (χ2v) is 6.06. The lowest BCUT2D eigenvalue weighted by molar-refractivity contribution is 0.547. The van der Waals surface area contributed by atoms with E-state index < -0.39 is 0 Å². The maximum absolute atomic E-state index is 5.94. The lowest BCUT2D eigenvalue weighted by Gasteiger charge is -2.12. The predicted octanol–water partition coefficient (Wildman–Crippen LogP) is 3.27. The summed E-state index contributed by atoms with van der Waals surface area (Å²) < 4.78 is 7.99. The Labute approximate surface area is 176 Å². The van der Waals surface area contributed by atoms with Crippen LogP contribution in [0.15, 0.2) is 40.0 Å². The molecule has 0 radical (unpaired) electrons. The van der Waals surface area contributed by atoms with E-state index in [1.165, 1.54) is 0 Å². The van der Waals surface area contributed by atoms with E-state index in [9.17, 15) is 0 Å². The highest BCUT2D eigenvalue weighted by Gasteiger charge is 2.09. The number of hydrogen-bond donors (Lipinski definition) is 2. The zero-order valence-electron chi connectivity index (χ0n) is 16.0. The van der Waals surface area contributed by atoms with Crippen molar-refractivity contribution in [3.63, 3.8) is 0 Å². The number of fused-ring (bicyclic) bond motifs is 1. The lowest BCUT2D eigenvalue weighted by Crippen LogP contribution is -2.38. The molecule has 0 amide bonds. The summed E-state index contributed by atoms with van der Waals surface area (Å²) in [4.78, 5) is 4.66. The first-order chi connectivity index (χ1) is 12.7. The fourth-order valence-corrected chi connectivity index (χ4v) is 2.90. The van der Waals surface area contributed by atoms with E-state index in [0.29, 0.717) is 6.54 Å². The molecule has 146 valence electrons. The lowest BCUT2D eigenvalue weighted by atomic mass is 10.1. The van der Waals surface area contributed by atoms with E-state index >= 15 is 0 Å². The van der Waals surface area contributed by atoms with Gasteiger partial charge in [-0.25, -0.2) is 4.99 Å². The molecule has 0 saturated carbocycles. The summed E-state index contributed by atoms with van der Waals surface area (Å²) in [5, 5.41) is 15.8. The summed E-state index contributed by atoms with van der Waals surface area (Å²) in [7, 11) is 0. The van der Waals surface area contributed by atoms with Crippen LogP contribution in [0.5, 0.6) is 0 Å². The van der Waals surface area contributed by atoms with E-state index in [1.54, 1.807) is 6.33 Å². The van der Waals surface area contributed by atoms with Crippen molar-refractivity contribution < 1.29 is 4.42 Å². The number of aliphatic imine (C=N–C) groups is 1. The van der Waals surface area contributed by atoms with Gasteiger partial charge in [0.25, 0.3) is 0 Å². The van der Waals surface area contributed by atoms with Crippen molar-refractivity contribution in [1.82, 2.24) is 25.4 Å². The number of aromatic nitrogens is 3. The van der Waals surface area contributed by atoms with Crippen molar-refractivity contribution >= 4 is 40.9 Å². The van der Waals surface area contributed by atoms with Crippen molar-refractivity contribution in [2.75, 3.05) is 13.1 Å². The summed E-state index contributed by atoms with van der Waals surface area (Å²) >= 11 is 0. The highest BCUT2D eigenvalue weighted by Crippen LogP contribution is 2.25. The van der Waals surface area contributed by atoms with Crippen LogP contribution in [0.4, 0.5) is 0 Å². The molecule has 0 aliphatic rings. The molecule has 0 saturated heterocycles. The second kappa shape index (κ2) is 10.3. The van der Waals surface area contributed by atoms with Crippen molar-refractivity contribution in [1.29, 1.82) is 0 Å². The van der Waals surface area contributed by atoms with Crippen LogP contribution >= 0.6 is 24.0 Å². The van der Waals surface area contributed by atoms with Crippen molar-refractivity contribution in [3.05, 3.63) is 47.7 Å². The van der Waals surface area contributed by atoms with E-state index in [2.05, 4.69) is 57.2 Å². The summed E-state index contributed by atoms with van der Waals surface area (Å²) in [6.45, 7) is 9.06. The van der Waals surface area contributed by atoms with Gasteiger partial charge in [0.2, 0.25) is 0 Å². The van der Waals surface area contributed by atoms with Crippen LogP contribution in [0.2, 0.25) is 0 Å². The molecule has 3 aromatic rings. The Hall–Kier alpha value is -2.10. The van der Waals surface area contributed by atoms with Crippen LogP contribution < -0.4 is 10.6 Å². The van der Waals surface area contributed by atoms with Gasteiger partial charge in [0, 0.05) is 37.0 Å². The highest BCUT2D eigenvalue weighted by molar-refractivity contribution is 14.0. The number of halogens is 1. The molecule has 2 N–H and O–H groups in total. The second-order valence-electron chi connectivity index (χ2n) is 6.06. The zero-order valence-corrected chi connectivity index (χ0v) is 18.4. The number of aryl methyl sites for hydroxylation is 2. The van der Waals surface area contributed by atoms with Gasteiger partial charge in [-0.05, 0) is 19.9 Å². The Bertz CT molecular complexity index is 885. The minimum atomic E-state index is 0. The summed E-state index contributed by atoms with van der Waals surface area (Å²) in [5.41, 5.74) is 2.06. The molecule has 7 nitrogen and oxygen atoms in total. The van der Waals surface area contributed by atoms with Crippen LogP contribution in [-0.2, 0) is 19.5 Å². The minimum absolute atomic E-state index is 0. The first-order valence-corrected chi connectivity index (χ1v) is 9.08. The van der Waals surface area contributed by atoms with E-state index in [0.717, 1.165) is 60.1 Å². The molecule has 1 aromatic carbocycles. The topological polar surface area (TPSA) is 80.3 Å². The number of benzene rings is 1. The molecule has 0 unspecified atom stereocenters. The van der Waals surface area contributed by atoms with Gasteiger partial charge in [0.1, 0.15) is 30.0 Å². The maximum atomic E-state index is 5.94. The third kappa shape index (κ3) is 5.21. The molecule has 0 aliphatic carbocycles. The molecule has 0 atom stereocenters. The minimum Gasteiger partial charge on any atom is -0.459 e. The van der Waals surface area contributed by atoms with E-state index in [-0.39, 0.29) is 24.0 Å². The molecule has 0 aliphatic heterocycles. The molecular formula is C19H27IN6O. The molecule has 27 heavy (non-hydrogen) atoms. The molecule has 3 rings (SSSR count). The molecule has 8 heteroatoms. The largest absolute Gasteiger partial charge is 0.459 e. The molecular weight excluding hydrogens is 455 g/mol. The number of furan rings is 1. The zero-order chi connectivity index (χ0) is 18.4. The number of nitrogens with zero attached hydrogens (tertiary/aromatic N) is 4. The average molecular weight is 482 g/mol. The van der Waals surface area contributed by atoms with Crippen LogP contribution in [0.3, 0.4) is 0 Å². The maximum Gasteiger partial charge on any atom is 0.191 e. The van der Waals surface area contributed by atoms with Gasteiger partial charge in [-0.1, -0.05) is 25.1 Å². The third-order valence-electron chi connectivity index (χ3n) is 4.32. The monoisotopic (exact) mass is 482 g/mol. The van der Waals surface area contributed by atoms with Gasteiger partial charge < -0.3 is 19.6 Å². The van der Waals surface area contributed by atoms with Crippen molar-refractivity contribution in [2.45, 2.75) is 40.3 Å². The van der Waals surface area contributed by atoms with E-state index in [1.807, 2.05) is 18.2 Å². The normalized spacial score (nSPS) is 11.4. The SMILES string of the molecule is CCNC(=NCc1oc2ccccc2c1C)NCCn1cnnc1CC.I. The van der Waals surface area contributed by atoms with Gasteiger partial charge in [-0.3, -0.25) is 0 Å². The predicted molar refractivity (Wildman–Crippen MR) is 119 cm³/mol. The Kier molecular flexibility index (Phi) is 8.08. The molecule has 0 fully saturated rings. The Balaban J connectivity index is 0.00000261. The number of rotatable bonds is 7. The summed E-state index contributed by atoms with van der Waals surface area (Å²) in [5.74, 6) is 2.67. The number of nitrogens with one attached hydrogen (secondary N) is 2. The van der Waals surface area contributed by atoms with E-state index in [4.69, 9.17) is 4.42 Å². The average Bonchev–Trinajstić information content (AvgIpc) is 3.24. The van der Waals surface area contributed by atoms with Crippen molar-refractivity contribution in [3.8, 4) is 0 Å². The third-order valence-corrected chi connectivity index (χ3v) is 4.32. The molecule has 0 bridgehead atoms. The Morgan fingerprint density at radius 3 is 2.78 bits per heavy atom. The highest BCUT2D eigenvalue weighted by atomic mass is 127. The quantitative estimate of drug-likeness (QED) is 0.307. The Morgan fingerprint density at radius 2 is 2.04 bits per heavy atom. The van der Waals surface area contributed by atoms with Gasteiger partial charge in [-0.2, -0.15) is 0 Å². The number of guanidine groups is 1. The van der Waals surface area contributed by atoms with Gasteiger partial charge in [0.05, 0.1) is 0 Å². The fourth-order valence-electron chi connectivity index (χ4n) is 2.90. The van der Waals surface area contributed by atoms with Crippen molar-refractivity contribution in [2.24, 2.45) is 4.99 Å². The molecule has 2 aromatic heterocycles. The van der Waals surface area contributed by atoms with Crippen LogP contribution in [-0.4, -0.2) is 33.8 Å². The van der Waals surface area contributed by atoms with Gasteiger partial charge in [-0.15, -0.1) is 34.2 Å². The van der Waals surface area contributed by atoms with Crippen LogP contribution in [0, 0.1) is 6.92 Å². The first kappa shape index (κ1) is 21.2. The smallest absolute Gasteiger partial charge is 0.191 e. The standard InChI is InChI=1S/C19H26N6O.HI/c1-4-18-24-23-13-25(18)11-10-21-19(20-5-2)22-12-17-14(3)15-8-6-7-9-16(15)26-17;/h6-9,13H,4-5,10-12H2,1-3H3,(H2,20,21,22);1H. The summed E-state index contributed by atoms with van der Waals surface area (Å²) in [6.07, 6.45) is 2.64.